The summed E-state index contributed by atoms with van der Waals surface area (Å²) in [5.41, 5.74) is 3.77. The Morgan fingerprint density at radius 1 is 0.750 bits per heavy atom. The van der Waals surface area contributed by atoms with Gasteiger partial charge in [0.2, 0.25) is 0 Å². The maximum atomic E-state index is 14.9. The summed E-state index contributed by atoms with van der Waals surface area (Å²) >= 11 is 0. The third-order valence-electron chi connectivity index (χ3n) is 6.99. The zero-order chi connectivity index (χ0) is 22.5. The van der Waals surface area contributed by atoms with E-state index in [1.54, 1.807) is 12.1 Å². The Kier molecular flexibility index (Phi) is 7.51. The highest BCUT2D eigenvalue weighted by Gasteiger charge is 2.21. The summed E-state index contributed by atoms with van der Waals surface area (Å²) in [6, 6.07) is 21.2. The minimum atomic E-state index is -0.871. The second-order valence-electron chi connectivity index (χ2n) is 9.23. The molecule has 32 heavy (non-hydrogen) atoms. The lowest BCUT2D eigenvalue weighted by Gasteiger charge is -2.27. The van der Waals surface area contributed by atoms with Crippen molar-refractivity contribution in [1.82, 2.24) is 0 Å². The largest absolute Gasteiger partial charge is 0.206 e. The molecular formula is C28H31F3Si. The van der Waals surface area contributed by atoms with E-state index in [4.69, 9.17) is 0 Å². The fraction of sp³-hybridized carbons (Fsp3) is 0.357. The fourth-order valence-electron chi connectivity index (χ4n) is 5.05. The first-order valence-electron chi connectivity index (χ1n) is 11.9. The molecule has 0 aromatic heterocycles. The van der Waals surface area contributed by atoms with E-state index in [9.17, 15) is 13.2 Å². The number of rotatable bonds is 7. The third-order valence-corrected chi connectivity index (χ3v) is 10.7. The summed E-state index contributed by atoms with van der Waals surface area (Å²) in [6.45, 7) is 2.30. The van der Waals surface area contributed by atoms with Crippen LogP contribution < -0.4 is 0 Å². The van der Waals surface area contributed by atoms with Crippen LogP contribution in [0.15, 0.2) is 60.7 Å². The molecule has 4 heteroatoms. The highest BCUT2D eigenvalue weighted by Crippen LogP contribution is 2.32. The van der Waals surface area contributed by atoms with Crippen LogP contribution in [-0.2, 0) is 6.42 Å². The average molecular weight is 453 g/mol. The van der Waals surface area contributed by atoms with E-state index >= 15 is 0 Å². The first kappa shape index (κ1) is 22.8. The maximum absolute atomic E-state index is 14.9. The molecular weight excluding hydrogens is 421 g/mol. The van der Waals surface area contributed by atoms with Gasteiger partial charge in [0.05, 0.1) is 0 Å². The summed E-state index contributed by atoms with van der Waals surface area (Å²) in [7, 11) is -0.437. The first-order chi connectivity index (χ1) is 15.5. The Bertz CT molecular complexity index is 1040. The molecule has 0 spiro atoms. The minimum absolute atomic E-state index is 0.206. The normalized spacial score (nSPS) is 18.6. The summed E-state index contributed by atoms with van der Waals surface area (Å²) in [6.07, 6.45) is 6.20. The molecule has 168 valence electrons. The molecule has 0 atom stereocenters. The summed E-state index contributed by atoms with van der Waals surface area (Å²) in [4.78, 5) is 0. The van der Waals surface area contributed by atoms with E-state index < -0.39 is 20.4 Å². The number of hydrogen-bond donors (Lipinski definition) is 0. The van der Waals surface area contributed by atoms with Crippen LogP contribution in [0, 0.1) is 23.4 Å². The van der Waals surface area contributed by atoms with Crippen molar-refractivity contribution in [3.05, 3.63) is 83.7 Å². The highest BCUT2D eigenvalue weighted by atomic mass is 28.3. The zero-order valence-electron chi connectivity index (χ0n) is 18.7. The van der Waals surface area contributed by atoms with Gasteiger partial charge in [0, 0.05) is 14.4 Å². The third kappa shape index (κ3) is 5.53. The number of hydrogen-bond acceptors (Lipinski definition) is 0. The van der Waals surface area contributed by atoms with Crippen molar-refractivity contribution < 1.29 is 13.2 Å². The van der Waals surface area contributed by atoms with Gasteiger partial charge in [0.15, 0.2) is 11.6 Å². The van der Waals surface area contributed by atoms with Crippen molar-refractivity contribution in [2.24, 2.45) is 5.92 Å². The summed E-state index contributed by atoms with van der Waals surface area (Å²) < 4.78 is 41.5. The molecule has 1 aliphatic rings. The van der Waals surface area contributed by atoms with Gasteiger partial charge < -0.3 is 0 Å². The fourth-order valence-corrected chi connectivity index (χ4v) is 8.62. The molecule has 0 aliphatic carbocycles. The molecule has 1 heterocycles. The lowest BCUT2D eigenvalue weighted by molar-refractivity contribution is 0.437. The van der Waals surface area contributed by atoms with Crippen molar-refractivity contribution in [1.29, 1.82) is 0 Å². The molecule has 3 aromatic carbocycles. The smallest absolute Gasteiger partial charge is 0.159 e. The molecule has 1 aliphatic heterocycles. The molecule has 1 fully saturated rings. The summed E-state index contributed by atoms with van der Waals surface area (Å²) in [5, 5.41) is 0. The van der Waals surface area contributed by atoms with Crippen molar-refractivity contribution in [2.45, 2.75) is 57.2 Å². The van der Waals surface area contributed by atoms with Gasteiger partial charge in [-0.15, -0.1) is 0 Å². The van der Waals surface area contributed by atoms with E-state index in [2.05, 4.69) is 6.92 Å². The van der Waals surface area contributed by atoms with E-state index in [1.807, 2.05) is 36.4 Å². The topological polar surface area (TPSA) is 0 Å². The molecule has 1 saturated heterocycles. The molecule has 0 radical (unpaired) electrons. The van der Waals surface area contributed by atoms with Crippen LogP contribution in [0.1, 0.15) is 38.2 Å². The van der Waals surface area contributed by atoms with Gasteiger partial charge >= 0.3 is 0 Å². The minimum Gasteiger partial charge on any atom is -0.206 e. The van der Waals surface area contributed by atoms with Crippen LogP contribution in [0.2, 0.25) is 18.1 Å². The predicted molar refractivity (Wildman–Crippen MR) is 130 cm³/mol. The lowest BCUT2D eigenvalue weighted by atomic mass is 9.93. The van der Waals surface area contributed by atoms with E-state index in [0.29, 0.717) is 11.1 Å². The molecule has 0 saturated carbocycles. The Labute approximate surface area is 191 Å². The molecule has 4 rings (SSSR count). The van der Waals surface area contributed by atoms with Crippen LogP contribution in [0.4, 0.5) is 13.2 Å². The molecule has 0 nitrogen and oxygen atoms in total. The number of halogens is 3. The van der Waals surface area contributed by atoms with E-state index in [1.165, 1.54) is 43.5 Å². The van der Waals surface area contributed by atoms with Crippen LogP contribution in [0.3, 0.4) is 0 Å². The van der Waals surface area contributed by atoms with Gasteiger partial charge in [-0.05, 0) is 59.2 Å². The summed E-state index contributed by atoms with van der Waals surface area (Å²) in [5.74, 6) is -1.13. The Morgan fingerprint density at radius 3 is 2.09 bits per heavy atom. The second kappa shape index (κ2) is 10.5. The first-order valence-corrected chi connectivity index (χ1v) is 14.3. The Balaban J connectivity index is 1.38. The van der Waals surface area contributed by atoms with Crippen LogP contribution in [-0.4, -0.2) is 8.80 Å². The zero-order valence-corrected chi connectivity index (χ0v) is 19.9. The van der Waals surface area contributed by atoms with Crippen LogP contribution in [0.25, 0.3) is 22.3 Å². The maximum Gasteiger partial charge on any atom is 0.159 e. The van der Waals surface area contributed by atoms with Crippen molar-refractivity contribution in [3.8, 4) is 22.3 Å². The molecule has 0 N–H and O–H groups in total. The average Bonchev–Trinajstić information content (AvgIpc) is 2.81. The van der Waals surface area contributed by atoms with E-state index in [-0.39, 0.29) is 5.82 Å². The number of aryl methyl sites for hydroxylation is 1. The second-order valence-corrected chi connectivity index (χ2v) is 12.7. The molecule has 0 amide bonds. The van der Waals surface area contributed by atoms with Gasteiger partial charge in [-0.2, -0.15) is 0 Å². The van der Waals surface area contributed by atoms with Gasteiger partial charge in [-0.25, -0.2) is 13.2 Å². The van der Waals surface area contributed by atoms with Crippen molar-refractivity contribution >= 4 is 8.80 Å². The SMILES string of the molecule is CCC[SiH]1CCC(CCc2ccc(-c3ccc(-c4ccc(F)c(F)c4)cc3)c(F)c2)CC1. The standard InChI is InChI=1S/C28H31F3Si/c1-2-15-32-16-13-20(14-17-32)3-4-21-5-11-25(27(30)18-21)23-8-6-22(7-9-23)24-10-12-26(29)28(31)19-24/h5-12,18-20,32H,2-4,13-17H2,1H3. The van der Waals surface area contributed by atoms with Gasteiger partial charge in [0.1, 0.15) is 5.82 Å². The highest BCUT2D eigenvalue weighted by molar-refractivity contribution is 6.58. The molecule has 0 bridgehead atoms. The van der Waals surface area contributed by atoms with Gasteiger partial charge in [0.25, 0.3) is 0 Å². The van der Waals surface area contributed by atoms with Crippen LogP contribution in [0.5, 0.6) is 0 Å². The van der Waals surface area contributed by atoms with Gasteiger partial charge in [-0.1, -0.05) is 86.8 Å². The van der Waals surface area contributed by atoms with Crippen LogP contribution >= 0.6 is 0 Å². The van der Waals surface area contributed by atoms with E-state index in [0.717, 1.165) is 41.5 Å². The number of benzene rings is 3. The molecule has 3 aromatic rings. The monoisotopic (exact) mass is 452 g/mol. The van der Waals surface area contributed by atoms with Crippen molar-refractivity contribution in [3.63, 3.8) is 0 Å². The molecule has 0 unspecified atom stereocenters. The predicted octanol–water partition coefficient (Wildman–Crippen LogP) is 8.42. The Morgan fingerprint density at radius 2 is 1.44 bits per heavy atom. The van der Waals surface area contributed by atoms with Gasteiger partial charge in [-0.3, -0.25) is 0 Å². The quantitative estimate of drug-likeness (QED) is 0.316. The van der Waals surface area contributed by atoms with Crippen molar-refractivity contribution in [2.75, 3.05) is 0 Å². The lowest BCUT2D eigenvalue weighted by Crippen LogP contribution is -2.21. The Hall–Kier alpha value is -2.33.